The molecule has 18 heavy (non-hydrogen) atoms. The Bertz CT molecular complexity index is 297. The fraction of sp³-hybridized carbons (Fsp3) is 0.923. The van der Waals surface area contributed by atoms with E-state index in [1.54, 1.807) is 0 Å². The van der Waals surface area contributed by atoms with E-state index in [2.05, 4.69) is 36.1 Å². The van der Waals surface area contributed by atoms with Crippen molar-refractivity contribution in [3.63, 3.8) is 0 Å². The zero-order valence-electron chi connectivity index (χ0n) is 11.9. The second-order valence-corrected chi connectivity index (χ2v) is 5.63. The van der Waals surface area contributed by atoms with Crippen LogP contribution in [0.4, 0.5) is 0 Å². The highest BCUT2D eigenvalue weighted by atomic mass is 16.2. The Morgan fingerprint density at radius 3 is 2.83 bits per heavy atom. The van der Waals surface area contributed by atoms with Crippen molar-refractivity contribution >= 4 is 5.91 Å². The molecule has 2 aliphatic rings. The Balaban J connectivity index is 1.95. The summed E-state index contributed by atoms with van der Waals surface area (Å²) in [5.41, 5.74) is 0. The fourth-order valence-corrected chi connectivity index (χ4v) is 2.88. The van der Waals surface area contributed by atoms with Crippen molar-refractivity contribution in [1.82, 2.24) is 20.0 Å². The molecule has 0 aromatic heterocycles. The van der Waals surface area contributed by atoms with Gasteiger partial charge >= 0.3 is 0 Å². The summed E-state index contributed by atoms with van der Waals surface area (Å²) in [6, 6.07) is 0.465. The molecule has 104 valence electrons. The molecule has 0 aliphatic carbocycles. The Morgan fingerprint density at radius 2 is 2.11 bits per heavy atom. The third kappa shape index (κ3) is 3.02. The van der Waals surface area contributed by atoms with Gasteiger partial charge in [-0.2, -0.15) is 0 Å². The summed E-state index contributed by atoms with van der Waals surface area (Å²) in [4.78, 5) is 18.7. The lowest BCUT2D eigenvalue weighted by molar-refractivity contribution is -0.129. The molecular weight excluding hydrogens is 228 g/mol. The first kappa shape index (κ1) is 13.8. The van der Waals surface area contributed by atoms with Gasteiger partial charge in [-0.25, -0.2) is 0 Å². The van der Waals surface area contributed by atoms with Gasteiger partial charge in [0.1, 0.15) is 0 Å². The maximum absolute atomic E-state index is 12.0. The lowest BCUT2D eigenvalue weighted by atomic mass is 10.1. The Morgan fingerprint density at radius 1 is 1.33 bits per heavy atom. The van der Waals surface area contributed by atoms with E-state index in [9.17, 15) is 4.79 Å². The van der Waals surface area contributed by atoms with Crippen LogP contribution >= 0.6 is 0 Å². The zero-order chi connectivity index (χ0) is 13.1. The molecule has 1 N–H and O–H groups in total. The summed E-state index contributed by atoms with van der Waals surface area (Å²) in [6.07, 6.45) is 2.42. The topological polar surface area (TPSA) is 38.8 Å². The monoisotopic (exact) mass is 254 g/mol. The molecule has 2 atom stereocenters. The molecule has 0 bridgehead atoms. The minimum atomic E-state index is 0.253. The minimum absolute atomic E-state index is 0.253. The quantitative estimate of drug-likeness (QED) is 0.753. The van der Waals surface area contributed by atoms with Crippen LogP contribution in [0, 0.1) is 0 Å². The number of hydrogen-bond acceptors (Lipinski definition) is 4. The van der Waals surface area contributed by atoms with E-state index in [4.69, 9.17) is 0 Å². The number of rotatable bonds is 4. The van der Waals surface area contributed by atoms with Crippen molar-refractivity contribution in [2.45, 2.75) is 32.0 Å². The van der Waals surface area contributed by atoms with Crippen LogP contribution in [-0.4, -0.2) is 79.6 Å². The van der Waals surface area contributed by atoms with Crippen molar-refractivity contribution in [3.8, 4) is 0 Å². The predicted octanol–water partition coefficient (Wildman–Crippen LogP) is -0.210. The molecule has 2 unspecified atom stereocenters. The van der Waals surface area contributed by atoms with Crippen LogP contribution in [0.5, 0.6) is 0 Å². The molecule has 2 fully saturated rings. The molecule has 5 heteroatoms. The third-order valence-electron chi connectivity index (χ3n) is 4.14. The molecule has 0 aromatic carbocycles. The molecule has 2 saturated heterocycles. The first-order valence-electron chi connectivity index (χ1n) is 7.03. The van der Waals surface area contributed by atoms with Gasteiger partial charge in [0.2, 0.25) is 5.91 Å². The number of likely N-dealkylation sites (N-methyl/N-ethyl adjacent to an activating group) is 2. The van der Waals surface area contributed by atoms with Gasteiger partial charge in [0.25, 0.3) is 0 Å². The molecule has 0 aromatic rings. The van der Waals surface area contributed by atoms with Gasteiger partial charge in [-0.1, -0.05) is 13.3 Å². The van der Waals surface area contributed by atoms with Crippen molar-refractivity contribution < 1.29 is 4.79 Å². The van der Waals surface area contributed by atoms with Gasteiger partial charge in [-0.15, -0.1) is 0 Å². The number of piperazine rings is 1. The Hall–Kier alpha value is -0.650. The zero-order valence-corrected chi connectivity index (χ0v) is 11.9. The molecule has 1 amide bonds. The average molecular weight is 254 g/mol. The normalized spacial score (nSPS) is 31.3. The highest BCUT2D eigenvalue weighted by molar-refractivity contribution is 5.80. The SMILES string of the molecule is CCCC1NCC(=O)N1CC1CN(C)CCN1C. The Labute approximate surface area is 110 Å². The second-order valence-electron chi connectivity index (χ2n) is 5.63. The second kappa shape index (κ2) is 5.99. The van der Waals surface area contributed by atoms with E-state index >= 15 is 0 Å². The van der Waals surface area contributed by atoms with Gasteiger partial charge in [-0.3, -0.25) is 15.0 Å². The highest BCUT2D eigenvalue weighted by Crippen LogP contribution is 2.15. The molecular formula is C13H26N4O. The van der Waals surface area contributed by atoms with Crippen LogP contribution in [-0.2, 0) is 4.79 Å². The molecule has 2 rings (SSSR count). The van der Waals surface area contributed by atoms with Crippen LogP contribution in [0.25, 0.3) is 0 Å². The first-order valence-corrected chi connectivity index (χ1v) is 7.03. The van der Waals surface area contributed by atoms with Gasteiger partial charge < -0.3 is 9.80 Å². The van der Waals surface area contributed by atoms with Crippen LogP contribution in [0.1, 0.15) is 19.8 Å². The molecule has 2 heterocycles. The van der Waals surface area contributed by atoms with Crippen molar-refractivity contribution in [3.05, 3.63) is 0 Å². The van der Waals surface area contributed by atoms with Crippen molar-refractivity contribution in [2.75, 3.05) is 46.8 Å². The Kier molecular flexibility index (Phi) is 4.59. The summed E-state index contributed by atoms with van der Waals surface area (Å²) in [5, 5.41) is 3.32. The largest absolute Gasteiger partial charge is 0.324 e. The summed E-state index contributed by atoms with van der Waals surface area (Å²) < 4.78 is 0. The van der Waals surface area contributed by atoms with Gasteiger partial charge in [0.05, 0.1) is 12.7 Å². The van der Waals surface area contributed by atoms with Crippen LogP contribution in [0.2, 0.25) is 0 Å². The third-order valence-corrected chi connectivity index (χ3v) is 4.14. The smallest absolute Gasteiger partial charge is 0.237 e. The minimum Gasteiger partial charge on any atom is -0.324 e. The number of carbonyl (C=O) groups is 1. The average Bonchev–Trinajstić information content (AvgIpc) is 2.67. The maximum atomic E-state index is 12.0. The lowest BCUT2D eigenvalue weighted by Gasteiger charge is -2.40. The molecule has 0 spiro atoms. The van der Waals surface area contributed by atoms with E-state index in [0.717, 1.165) is 39.0 Å². The molecule has 2 aliphatic heterocycles. The maximum Gasteiger partial charge on any atom is 0.237 e. The molecule has 5 nitrogen and oxygen atoms in total. The van der Waals surface area contributed by atoms with Crippen molar-refractivity contribution in [2.24, 2.45) is 0 Å². The van der Waals surface area contributed by atoms with E-state index < -0.39 is 0 Å². The number of amides is 1. The van der Waals surface area contributed by atoms with Gasteiger partial charge in [0.15, 0.2) is 0 Å². The highest BCUT2D eigenvalue weighted by Gasteiger charge is 2.33. The van der Waals surface area contributed by atoms with E-state index in [1.165, 1.54) is 0 Å². The predicted molar refractivity (Wildman–Crippen MR) is 72.3 cm³/mol. The summed E-state index contributed by atoms with van der Waals surface area (Å²) in [6.45, 7) is 6.81. The van der Waals surface area contributed by atoms with E-state index in [1.807, 2.05) is 4.90 Å². The summed E-state index contributed by atoms with van der Waals surface area (Å²) in [5.74, 6) is 0.259. The van der Waals surface area contributed by atoms with Gasteiger partial charge in [-0.05, 0) is 20.5 Å². The van der Waals surface area contributed by atoms with Crippen LogP contribution in [0.15, 0.2) is 0 Å². The number of hydrogen-bond donors (Lipinski definition) is 1. The van der Waals surface area contributed by atoms with E-state index in [0.29, 0.717) is 12.6 Å². The molecule has 0 saturated carbocycles. The van der Waals surface area contributed by atoms with Crippen molar-refractivity contribution in [1.29, 1.82) is 0 Å². The fourth-order valence-electron chi connectivity index (χ4n) is 2.88. The first-order chi connectivity index (χ1) is 8.61. The van der Waals surface area contributed by atoms with Crippen LogP contribution in [0.3, 0.4) is 0 Å². The summed E-state index contributed by atoms with van der Waals surface area (Å²) in [7, 11) is 4.33. The van der Waals surface area contributed by atoms with Gasteiger partial charge in [0, 0.05) is 32.2 Å². The van der Waals surface area contributed by atoms with E-state index in [-0.39, 0.29) is 12.1 Å². The lowest BCUT2D eigenvalue weighted by Crippen LogP contribution is -2.56. The number of carbonyl (C=O) groups excluding carboxylic acids is 1. The molecule has 0 radical (unpaired) electrons. The summed E-state index contributed by atoms with van der Waals surface area (Å²) >= 11 is 0. The number of nitrogens with zero attached hydrogens (tertiary/aromatic N) is 3. The standard InChI is InChI=1S/C13H26N4O/c1-4-5-12-14-8-13(18)17(12)10-11-9-15(2)6-7-16(11)3/h11-12,14H,4-10H2,1-3H3. The van der Waals surface area contributed by atoms with Crippen LogP contribution < -0.4 is 5.32 Å². The number of nitrogens with one attached hydrogen (secondary N) is 1.